The minimum Gasteiger partial charge on any atom is -0.495 e. The second-order valence-electron chi connectivity index (χ2n) is 7.78. The van der Waals surface area contributed by atoms with Crippen molar-refractivity contribution >= 4 is 48.5 Å². The number of aromatic nitrogens is 4. The van der Waals surface area contributed by atoms with Gasteiger partial charge in [0.15, 0.2) is 11.5 Å². The van der Waals surface area contributed by atoms with Crippen molar-refractivity contribution < 1.29 is 13.2 Å². The number of nitrogens with zero attached hydrogens (tertiary/aromatic N) is 4. The van der Waals surface area contributed by atoms with Gasteiger partial charge in [-0.05, 0) is 47.2 Å². The van der Waals surface area contributed by atoms with Gasteiger partial charge in [-0.3, -0.25) is 0 Å². The Morgan fingerprint density at radius 1 is 1.06 bits per heavy atom. The molecule has 1 N–H and O–H groups in total. The van der Waals surface area contributed by atoms with E-state index in [-0.39, 0.29) is 15.6 Å². The van der Waals surface area contributed by atoms with E-state index < -0.39 is 9.84 Å². The average molecular weight is 480 g/mol. The van der Waals surface area contributed by atoms with E-state index in [1.165, 1.54) is 15.9 Å². The molecule has 0 fully saturated rings. The molecule has 8 nitrogen and oxygen atoms in total. The molecule has 5 rings (SSSR count). The summed E-state index contributed by atoms with van der Waals surface area (Å²) in [6.07, 6.45) is 0. The van der Waals surface area contributed by atoms with Gasteiger partial charge >= 0.3 is 0 Å². The zero-order valence-electron chi connectivity index (χ0n) is 18.2. The van der Waals surface area contributed by atoms with Gasteiger partial charge in [-0.1, -0.05) is 43.3 Å². The summed E-state index contributed by atoms with van der Waals surface area (Å²) < 4.78 is 34.6. The van der Waals surface area contributed by atoms with Crippen LogP contribution in [0.2, 0.25) is 0 Å². The highest BCUT2D eigenvalue weighted by Gasteiger charge is 2.27. The molecule has 0 amide bonds. The van der Waals surface area contributed by atoms with Crippen molar-refractivity contribution in [2.75, 3.05) is 12.4 Å². The number of anilines is 2. The van der Waals surface area contributed by atoms with Crippen LogP contribution in [0.4, 0.5) is 11.5 Å². The summed E-state index contributed by atoms with van der Waals surface area (Å²) in [6.45, 7) is 4.12. The zero-order chi connectivity index (χ0) is 23.2. The van der Waals surface area contributed by atoms with Crippen LogP contribution in [0.15, 0.2) is 69.9 Å². The maximum atomic E-state index is 13.4. The topological polar surface area (TPSA) is 98.5 Å². The van der Waals surface area contributed by atoms with Gasteiger partial charge in [0.1, 0.15) is 5.75 Å². The third-order valence-electron chi connectivity index (χ3n) is 5.39. The lowest BCUT2D eigenvalue weighted by Crippen LogP contribution is -2.06. The van der Waals surface area contributed by atoms with Crippen molar-refractivity contribution in [1.82, 2.24) is 19.8 Å². The monoisotopic (exact) mass is 479 g/mol. The third-order valence-corrected chi connectivity index (χ3v) is 7.97. The van der Waals surface area contributed by atoms with E-state index >= 15 is 0 Å². The number of ether oxygens (including phenoxy) is 1. The highest BCUT2D eigenvalue weighted by atomic mass is 32.2. The first kappa shape index (κ1) is 21.4. The maximum Gasteiger partial charge on any atom is 0.229 e. The fourth-order valence-corrected chi connectivity index (χ4v) is 5.65. The zero-order valence-corrected chi connectivity index (χ0v) is 19.8. The molecule has 33 heavy (non-hydrogen) atoms. The Balaban J connectivity index is 1.67. The summed E-state index contributed by atoms with van der Waals surface area (Å²) in [5.41, 5.74) is 2.65. The molecule has 0 spiro atoms. The van der Waals surface area contributed by atoms with Gasteiger partial charge in [-0.15, -0.1) is 16.4 Å². The molecular formula is C23H21N5O3S2. The van der Waals surface area contributed by atoms with Gasteiger partial charge in [0.25, 0.3) is 0 Å². The van der Waals surface area contributed by atoms with Crippen molar-refractivity contribution in [2.24, 2.45) is 0 Å². The molecule has 0 aliphatic carbocycles. The average Bonchev–Trinajstić information content (AvgIpc) is 3.47. The van der Waals surface area contributed by atoms with E-state index in [1.807, 2.05) is 47.8 Å². The minimum atomic E-state index is -3.92. The molecule has 0 aliphatic rings. The lowest BCUT2D eigenvalue weighted by Gasteiger charge is -2.11. The first-order valence-electron chi connectivity index (χ1n) is 10.3. The second-order valence-corrected chi connectivity index (χ2v) is 10.6. The lowest BCUT2D eigenvalue weighted by molar-refractivity contribution is 0.417. The number of thiophene rings is 1. The molecule has 0 atom stereocenters. The first-order valence-corrected chi connectivity index (χ1v) is 12.6. The number of benzene rings is 2. The quantitative estimate of drug-likeness (QED) is 0.364. The molecular weight excluding hydrogens is 458 g/mol. The van der Waals surface area contributed by atoms with E-state index in [2.05, 4.69) is 34.5 Å². The Labute approximate surface area is 194 Å². The number of para-hydroxylation sites is 2. The first-order chi connectivity index (χ1) is 15.9. The van der Waals surface area contributed by atoms with Crippen LogP contribution in [0.5, 0.6) is 5.75 Å². The number of hydrogen-bond acceptors (Lipinski definition) is 8. The van der Waals surface area contributed by atoms with Gasteiger partial charge in [-0.2, -0.15) is 4.52 Å². The van der Waals surface area contributed by atoms with Crippen LogP contribution in [0.1, 0.15) is 25.3 Å². The number of fused-ring (bicyclic) bond motifs is 3. The molecule has 2 aromatic carbocycles. The second kappa shape index (κ2) is 8.13. The molecule has 168 valence electrons. The molecule has 0 saturated heterocycles. The Kier molecular flexibility index (Phi) is 5.26. The van der Waals surface area contributed by atoms with Crippen LogP contribution in [-0.2, 0) is 9.84 Å². The van der Waals surface area contributed by atoms with Gasteiger partial charge in [0, 0.05) is 0 Å². The summed E-state index contributed by atoms with van der Waals surface area (Å²) in [4.78, 5) is 4.80. The molecule has 0 unspecified atom stereocenters. The van der Waals surface area contributed by atoms with Crippen molar-refractivity contribution in [2.45, 2.75) is 29.7 Å². The predicted molar refractivity (Wildman–Crippen MR) is 128 cm³/mol. The normalized spacial score (nSPS) is 12.0. The van der Waals surface area contributed by atoms with E-state index in [1.54, 1.807) is 19.2 Å². The highest BCUT2D eigenvalue weighted by molar-refractivity contribution is 7.91. The summed E-state index contributed by atoms with van der Waals surface area (Å²) in [6, 6.07) is 16.2. The van der Waals surface area contributed by atoms with E-state index in [9.17, 15) is 8.42 Å². The van der Waals surface area contributed by atoms with E-state index in [4.69, 9.17) is 4.74 Å². The fraction of sp³-hybridized carbons (Fsp3) is 0.174. The van der Waals surface area contributed by atoms with Crippen LogP contribution >= 0.6 is 11.3 Å². The Hall–Kier alpha value is -3.50. The fourth-order valence-electron chi connectivity index (χ4n) is 3.60. The molecule has 0 radical (unpaired) electrons. The van der Waals surface area contributed by atoms with Crippen molar-refractivity contribution in [1.29, 1.82) is 0 Å². The van der Waals surface area contributed by atoms with Crippen LogP contribution in [0, 0.1) is 0 Å². The molecule has 0 aliphatic heterocycles. The van der Waals surface area contributed by atoms with E-state index in [0.717, 1.165) is 10.3 Å². The summed E-state index contributed by atoms with van der Waals surface area (Å²) in [5, 5.41) is 13.1. The minimum absolute atomic E-state index is 0.153. The highest BCUT2D eigenvalue weighted by Crippen LogP contribution is 2.35. The number of nitrogens with one attached hydrogen (secondary N) is 1. The molecule has 0 bridgehead atoms. The lowest BCUT2D eigenvalue weighted by atomic mass is 10.0. The Morgan fingerprint density at radius 3 is 2.55 bits per heavy atom. The molecule has 3 aromatic heterocycles. The molecule has 3 heterocycles. The maximum absolute atomic E-state index is 13.4. The van der Waals surface area contributed by atoms with Crippen LogP contribution in [-0.4, -0.2) is 35.3 Å². The number of rotatable bonds is 6. The predicted octanol–water partition coefficient (Wildman–Crippen LogP) is 5.05. The van der Waals surface area contributed by atoms with Crippen LogP contribution in [0.3, 0.4) is 0 Å². The number of hydrogen-bond donors (Lipinski definition) is 1. The van der Waals surface area contributed by atoms with Gasteiger partial charge in [0.05, 0.1) is 27.9 Å². The molecule has 5 aromatic rings. The van der Waals surface area contributed by atoms with E-state index in [0.29, 0.717) is 28.7 Å². The largest absolute Gasteiger partial charge is 0.495 e. The Bertz CT molecular complexity index is 1570. The number of methoxy groups -OCH3 is 1. The van der Waals surface area contributed by atoms with Gasteiger partial charge in [-0.25, -0.2) is 13.4 Å². The molecule has 0 saturated carbocycles. The standard InChI is InChI=1S/C23H21N5O3S2/c1-14(2)15-8-10-16(11-9-15)33(29,30)23-22-25-21(24-17-6-4-5-7-19(17)31-3)20-18(12-13-32-20)28(22)27-26-23/h4-14H,1-3H3,(H,24,25). The van der Waals surface area contributed by atoms with Gasteiger partial charge < -0.3 is 10.1 Å². The van der Waals surface area contributed by atoms with Crippen LogP contribution in [0.25, 0.3) is 15.9 Å². The third kappa shape index (κ3) is 3.61. The molecule has 10 heteroatoms. The summed E-state index contributed by atoms with van der Waals surface area (Å²) in [5.74, 6) is 1.45. The number of sulfone groups is 1. The van der Waals surface area contributed by atoms with Gasteiger partial charge in [0.2, 0.25) is 14.9 Å². The summed E-state index contributed by atoms with van der Waals surface area (Å²) in [7, 11) is -2.33. The summed E-state index contributed by atoms with van der Waals surface area (Å²) >= 11 is 1.47. The smallest absolute Gasteiger partial charge is 0.229 e. The Morgan fingerprint density at radius 2 is 1.82 bits per heavy atom. The van der Waals surface area contributed by atoms with Crippen molar-refractivity contribution in [3.8, 4) is 5.75 Å². The van der Waals surface area contributed by atoms with Crippen molar-refractivity contribution in [3.63, 3.8) is 0 Å². The SMILES string of the molecule is COc1ccccc1Nc1nc2c(S(=O)(=O)c3ccc(C(C)C)cc3)nnn2c2ccsc12. The van der Waals surface area contributed by atoms with Crippen LogP contribution < -0.4 is 10.1 Å². The van der Waals surface area contributed by atoms with Crippen molar-refractivity contribution in [3.05, 3.63) is 65.5 Å².